The van der Waals surface area contributed by atoms with Crippen LogP contribution in [0.5, 0.6) is 0 Å². The molecule has 5 heteroatoms. The maximum Gasteiger partial charge on any atom is 0.253 e. The normalized spacial score (nSPS) is 20.1. The van der Waals surface area contributed by atoms with Crippen molar-refractivity contribution in [2.45, 2.75) is 26.2 Å². The summed E-state index contributed by atoms with van der Waals surface area (Å²) in [7, 11) is 0. The molecule has 2 aliphatic rings. The van der Waals surface area contributed by atoms with Crippen molar-refractivity contribution >= 4 is 11.7 Å². The topological polar surface area (TPSA) is 48.5 Å². The highest BCUT2D eigenvalue weighted by molar-refractivity contribution is 5.94. The van der Waals surface area contributed by atoms with Gasteiger partial charge in [-0.2, -0.15) is 0 Å². The zero-order valence-electron chi connectivity index (χ0n) is 16.2. The molecule has 5 nitrogen and oxygen atoms in total. The first-order valence-electron chi connectivity index (χ1n) is 9.90. The Hall–Kier alpha value is -2.40. The van der Waals surface area contributed by atoms with Crippen LogP contribution in [0.25, 0.3) is 0 Å². The molecule has 3 heterocycles. The highest BCUT2D eigenvalue weighted by Gasteiger charge is 2.24. The first-order chi connectivity index (χ1) is 13.1. The molecule has 2 saturated heterocycles. The summed E-state index contributed by atoms with van der Waals surface area (Å²) in [6.45, 7) is 9.43. The van der Waals surface area contributed by atoms with E-state index in [9.17, 15) is 4.79 Å². The summed E-state index contributed by atoms with van der Waals surface area (Å²) in [6, 6.07) is 10.4. The lowest BCUT2D eigenvalue weighted by molar-refractivity contribution is 0.0746. The smallest absolute Gasteiger partial charge is 0.253 e. The first-order valence-corrected chi connectivity index (χ1v) is 9.90. The fraction of sp³-hybridized carbons (Fsp3) is 0.455. The molecule has 2 fully saturated rings. The van der Waals surface area contributed by atoms with Crippen molar-refractivity contribution in [1.29, 1.82) is 0 Å². The van der Waals surface area contributed by atoms with Gasteiger partial charge in [0.05, 0.1) is 0 Å². The standard InChI is InChI=1S/C22H28N4O/c1-16-13-17(2)21(24-14-16)25-9-11-26(12-10-25)22(27)19-5-3-18(4-6-19)20-7-8-23-15-20/h3-6,13-14,20,23H,7-12,15H2,1-2H3. The minimum atomic E-state index is 0.138. The highest BCUT2D eigenvalue weighted by atomic mass is 16.2. The number of anilines is 1. The van der Waals surface area contributed by atoms with Crippen LogP contribution in [-0.2, 0) is 0 Å². The van der Waals surface area contributed by atoms with E-state index in [2.05, 4.69) is 47.2 Å². The second-order valence-corrected chi connectivity index (χ2v) is 7.74. The van der Waals surface area contributed by atoms with Gasteiger partial charge in [-0.15, -0.1) is 0 Å². The van der Waals surface area contributed by atoms with Crippen LogP contribution < -0.4 is 10.2 Å². The van der Waals surface area contributed by atoms with Crippen LogP contribution in [0.3, 0.4) is 0 Å². The predicted octanol–water partition coefficient (Wildman–Crippen LogP) is 2.74. The van der Waals surface area contributed by atoms with E-state index in [1.807, 2.05) is 23.2 Å². The third kappa shape index (κ3) is 3.83. The summed E-state index contributed by atoms with van der Waals surface area (Å²) in [6.07, 6.45) is 3.10. The van der Waals surface area contributed by atoms with E-state index in [0.29, 0.717) is 5.92 Å². The number of pyridine rings is 1. The highest BCUT2D eigenvalue weighted by Crippen LogP contribution is 2.23. The number of hydrogen-bond acceptors (Lipinski definition) is 4. The molecule has 1 N–H and O–H groups in total. The number of piperazine rings is 1. The number of carbonyl (C=O) groups is 1. The van der Waals surface area contributed by atoms with Crippen LogP contribution in [-0.4, -0.2) is 55.1 Å². The molecule has 0 spiro atoms. The Labute approximate surface area is 161 Å². The molecular weight excluding hydrogens is 336 g/mol. The van der Waals surface area contributed by atoms with Crippen molar-refractivity contribution in [3.05, 3.63) is 58.8 Å². The largest absolute Gasteiger partial charge is 0.353 e. The van der Waals surface area contributed by atoms with Crippen molar-refractivity contribution in [3.8, 4) is 0 Å². The van der Waals surface area contributed by atoms with Crippen LogP contribution in [0, 0.1) is 13.8 Å². The zero-order chi connectivity index (χ0) is 18.8. The molecule has 1 aromatic carbocycles. The summed E-state index contributed by atoms with van der Waals surface area (Å²) in [4.78, 5) is 21.7. The Morgan fingerprint density at radius 1 is 1.11 bits per heavy atom. The van der Waals surface area contributed by atoms with E-state index in [0.717, 1.165) is 50.6 Å². The SMILES string of the molecule is Cc1cnc(N2CCN(C(=O)c3ccc(C4CCNC4)cc3)CC2)c(C)c1. The summed E-state index contributed by atoms with van der Waals surface area (Å²) in [5, 5.41) is 3.40. The Balaban J connectivity index is 1.38. The van der Waals surface area contributed by atoms with Gasteiger partial charge in [0.1, 0.15) is 5.82 Å². The van der Waals surface area contributed by atoms with E-state index in [-0.39, 0.29) is 5.91 Å². The number of nitrogens with zero attached hydrogens (tertiary/aromatic N) is 3. The molecule has 2 aliphatic heterocycles. The fourth-order valence-corrected chi connectivity index (χ4v) is 4.18. The minimum absolute atomic E-state index is 0.138. The lowest BCUT2D eigenvalue weighted by Crippen LogP contribution is -2.49. The van der Waals surface area contributed by atoms with Crippen molar-refractivity contribution in [2.24, 2.45) is 0 Å². The van der Waals surface area contributed by atoms with Gasteiger partial charge in [-0.3, -0.25) is 4.79 Å². The lowest BCUT2D eigenvalue weighted by Gasteiger charge is -2.36. The van der Waals surface area contributed by atoms with Crippen LogP contribution >= 0.6 is 0 Å². The van der Waals surface area contributed by atoms with Gasteiger partial charge in [0.25, 0.3) is 5.91 Å². The van der Waals surface area contributed by atoms with Crippen LogP contribution in [0.4, 0.5) is 5.82 Å². The number of aromatic nitrogens is 1. The quantitative estimate of drug-likeness (QED) is 0.910. The third-order valence-electron chi connectivity index (χ3n) is 5.74. The van der Waals surface area contributed by atoms with Gasteiger partial charge in [0.2, 0.25) is 0 Å². The maximum atomic E-state index is 12.9. The Kier molecular flexibility index (Phi) is 5.12. The molecular formula is C22H28N4O. The molecule has 1 unspecified atom stereocenters. The maximum absolute atomic E-state index is 12.9. The Morgan fingerprint density at radius 2 is 1.85 bits per heavy atom. The third-order valence-corrected chi connectivity index (χ3v) is 5.74. The number of amides is 1. The summed E-state index contributed by atoms with van der Waals surface area (Å²) in [5.74, 6) is 1.77. The molecule has 142 valence electrons. The van der Waals surface area contributed by atoms with Gasteiger partial charge >= 0.3 is 0 Å². The fourth-order valence-electron chi connectivity index (χ4n) is 4.18. The molecule has 0 saturated carbocycles. The molecule has 1 amide bonds. The molecule has 0 aliphatic carbocycles. The number of rotatable bonds is 3. The van der Waals surface area contributed by atoms with Crippen LogP contribution in [0.15, 0.2) is 36.5 Å². The van der Waals surface area contributed by atoms with Gasteiger partial charge in [0, 0.05) is 44.5 Å². The molecule has 27 heavy (non-hydrogen) atoms. The van der Waals surface area contributed by atoms with E-state index < -0.39 is 0 Å². The van der Waals surface area contributed by atoms with E-state index in [1.54, 1.807) is 0 Å². The number of benzene rings is 1. The predicted molar refractivity (Wildman–Crippen MR) is 108 cm³/mol. The molecule has 0 radical (unpaired) electrons. The Bertz CT molecular complexity index is 804. The molecule has 1 atom stereocenters. The Morgan fingerprint density at radius 3 is 2.48 bits per heavy atom. The minimum Gasteiger partial charge on any atom is -0.353 e. The van der Waals surface area contributed by atoms with Gasteiger partial charge in [-0.05, 0) is 61.6 Å². The summed E-state index contributed by atoms with van der Waals surface area (Å²) >= 11 is 0. The molecule has 1 aromatic heterocycles. The van der Waals surface area contributed by atoms with Crippen molar-refractivity contribution in [2.75, 3.05) is 44.2 Å². The summed E-state index contributed by atoms with van der Waals surface area (Å²) < 4.78 is 0. The number of nitrogens with one attached hydrogen (secondary N) is 1. The molecule has 2 aromatic rings. The monoisotopic (exact) mass is 364 g/mol. The first kappa shape index (κ1) is 18.0. The zero-order valence-corrected chi connectivity index (χ0v) is 16.2. The number of carbonyl (C=O) groups excluding carboxylic acids is 1. The van der Waals surface area contributed by atoms with Crippen molar-refractivity contribution in [3.63, 3.8) is 0 Å². The number of hydrogen-bond donors (Lipinski definition) is 1. The lowest BCUT2D eigenvalue weighted by atomic mass is 9.97. The van der Waals surface area contributed by atoms with Gasteiger partial charge in [-0.25, -0.2) is 4.98 Å². The summed E-state index contributed by atoms with van der Waals surface area (Å²) in [5.41, 5.74) is 4.51. The second kappa shape index (κ2) is 7.69. The number of aryl methyl sites for hydroxylation is 2. The second-order valence-electron chi connectivity index (χ2n) is 7.74. The van der Waals surface area contributed by atoms with Crippen LogP contribution in [0.2, 0.25) is 0 Å². The van der Waals surface area contributed by atoms with E-state index in [4.69, 9.17) is 0 Å². The van der Waals surface area contributed by atoms with Gasteiger partial charge < -0.3 is 15.1 Å². The van der Waals surface area contributed by atoms with Crippen molar-refractivity contribution < 1.29 is 4.79 Å². The average Bonchev–Trinajstić information content (AvgIpc) is 3.23. The van der Waals surface area contributed by atoms with Crippen LogP contribution in [0.1, 0.15) is 39.4 Å². The molecule has 4 rings (SSSR count). The van der Waals surface area contributed by atoms with Gasteiger partial charge in [-0.1, -0.05) is 18.2 Å². The molecule has 0 bridgehead atoms. The van der Waals surface area contributed by atoms with E-state index >= 15 is 0 Å². The average molecular weight is 364 g/mol. The van der Waals surface area contributed by atoms with Crippen molar-refractivity contribution in [1.82, 2.24) is 15.2 Å². The van der Waals surface area contributed by atoms with E-state index in [1.165, 1.54) is 23.1 Å². The van der Waals surface area contributed by atoms with Gasteiger partial charge in [0.15, 0.2) is 0 Å².